The fraction of sp³-hybridized carbons (Fsp3) is 0.176. The number of primary amides is 1. The van der Waals surface area contributed by atoms with E-state index in [0.717, 1.165) is 4.90 Å². The van der Waals surface area contributed by atoms with Crippen LogP contribution in [0.25, 0.3) is 0 Å². The lowest BCUT2D eigenvalue weighted by Gasteiger charge is -2.07. The van der Waals surface area contributed by atoms with Crippen molar-refractivity contribution in [3.05, 3.63) is 53.6 Å². The highest BCUT2D eigenvalue weighted by molar-refractivity contribution is 7.99. The molecule has 0 aliphatic heterocycles. The van der Waals surface area contributed by atoms with Gasteiger partial charge in [-0.2, -0.15) is 0 Å². The number of ether oxygens (including phenoxy) is 1. The third kappa shape index (κ3) is 6.52. The van der Waals surface area contributed by atoms with E-state index in [1.54, 1.807) is 36.0 Å². The first-order valence-electron chi connectivity index (χ1n) is 7.22. The van der Waals surface area contributed by atoms with Crippen molar-refractivity contribution >= 4 is 40.9 Å². The average Bonchev–Trinajstić information content (AvgIpc) is 2.56. The van der Waals surface area contributed by atoms with Gasteiger partial charge in [0.2, 0.25) is 5.91 Å². The van der Waals surface area contributed by atoms with Crippen molar-refractivity contribution in [3.8, 4) is 5.75 Å². The number of nitrogens with two attached hydrogens (primary N) is 1. The predicted molar refractivity (Wildman–Crippen MR) is 96.6 cm³/mol. The summed E-state index contributed by atoms with van der Waals surface area (Å²) < 4.78 is 5.15. The van der Waals surface area contributed by atoms with Gasteiger partial charge in [-0.15, -0.1) is 11.8 Å². The normalized spacial score (nSPS) is 10.2. The van der Waals surface area contributed by atoms with Crippen molar-refractivity contribution in [3.63, 3.8) is 0 Å². The molecule has 2 amide bonds. The first kappa shape index (κ1) is 18.2. The number of benzene rings is 2. The summed E-state index contributed by atoms with van der Waals surface area (Å²) >= 11 is 7.42. The quantitative estimate of drug-likeness (QED) is 0.704. The van der Waals surface area contributed by atoms with E-state index in [0.29, 0.717) is 28.6 Å². The van der Waals surface area contributed by atoms with Gasteiger partial charge in [-0.1, -0.05) is 11.6 Å². The molecule has 0 bridgehead atoms. The molecule has 0 unspecified atom stereocenters. The van der Waals surface area contributed by atoms with Gasteiger partial charge in [0.05, 0.1) is 0 Å². The van der Waals surface area contributed by atoms with Crippen LogP contribution in [0.2, 0.25) is 5.02 Å². The minimum atomic E-state index is -0.537. The van der Waals surface area contributed by atoms with Crippen LogP contribution in [0.4, 0.5) is 5.69 Å². The van der Waals surface area contributed by atoms with Crippen LogP contribution in [-0.4, -0.2) is 24.2 Å². The van der Waals surface area contributed by atoms with E-state index in [9.17, 15) is 9.59 Å². The lowest BCUT2D eigenvalue weighted by molar-refractivity contribution is -0.120. The summed E-state index contributed by atoms with van der Waals surface area (Å²) in [5, 5.41) is 3.50. The van der Waals surface area contributed by atoms with Gasteiger partial charge < -0.3 is 15.8 Å². The number of halogens is 1. The maximum Gasteiger partial charge on any atom is 0.255 e. The molecule has 126 valence electrons. The second kappa shape index (κ2) is 9.20. The van der Waals surface area contributed by atoms with Crippen LogP contribution in [-0.2, 0) is 9.59 Å². The second-order valence-electron chi connectivity index (χ2n) is 4.88. The number of nitrogens with one attached hydrogen (secondary N) is 1. The average molecular weight is 365 g/mol. The molecular weight excluding hydrogens is 348 g/mol. The van der Waals surface area contributed by atoms with E-state index in [-0.39, 0.29) is 12.5 Å². The molecule has 0 saturated carbocycles. The monoisotopic (exact) mass is 364 g/mol. The van der Waals surface area contributed by atoms with Crippen molar-refractivity contribution in [1.29, 1.82) is 0 Å². The fourth-order valence-electron chi connectivity index (χ4n) is 1.80. The van der Waals surface area contributed by atoms with Gasteiger partial charge in [-0.25, -0.2) is 0 Å². The van der Waals surface area contributed by atoms with Crippen LogP contribution in [0.15, 0.2) is 53.4 Å². The first-order chi connectivity index (χ1) is 11.5. The number of carbonyl (C=O) groups excluding carboxylic acids is 2. The molecule has 3 N–H and O–H groups in total. The number of hydrogen-bond donors (Lipinski definition) is 2. The molecule has 0 radical (unpaired) electrons. The van der Waals surface area contributed by atoms with Gasteiger partial charge in [0.25, 0.3) is 5.91 Å². The molecule has 0 aliphatic rings. The molecule has 7 heteroatoms. The van der Waals surface area contributed by atoms with Crippen LogP contribution >= 0.6 is 23.4 Å². The molecule has 2 aromatic carbocycles. The maximum absolute atomic E-state index is 11.9. The summed E-state index contributed by atoms with van der Waals surface area (Å²) in [5.74, 6) is 0.589. The van der Waals surface area contributed by atoms with Crippen LogP contribution in [0, 0.1) is 0 Å². The Hall–Kier alpha value is -2.18. The van der Waals surface area contributed by atoms with Gasteiger partial charge in [0.1, 0.15) is 5.75 Å². The smallest absolute Gasteiger partial charge is 0.255 e. The zero-order valence-electron chi connectivity index (χ0n) is 12.8. The Morgan fingerprint density at radius 2 is 1.75 bits per heavy atom. The van der Waals surface area contributed by atoms with E-state index in [1.807, 2.05) is 24.3 Å². The number of rotatable bonds is 8. The molecule has 2 rings (SSSR count). The third-order valence-corrected chi connectivity index (χ3v) is 4.20. The molecule has 0 heterocycles. The fourth-order valence-corrected chi connectivity index (χ4v) is 2.78. The van der Waals surface area contributed by atoms with Crippen molar-refractivity contribution in [2.45, 2.75) is 11.3 Å². The van der Waals surface area contributed by atoms with Crippen molar-refractivity contribution < 1.29 is 14.3 Å². The third-order valence-electron chi connectivity index (χ3n) is 2.93. The molecule has 0 atom stereocenters. The highest BCUT2D eigenvalue weighted by atomic mass is 35.5. The molecule has 2 aromatic rings. The Morgan fingerprint density at radius 3 is 2.38 bits per heavy atom. The van der Waals surface area contributed by atoms with Gasteiger partial charge in [0, 0.05) is 27.8 Å². The summed E-state index contributed by atoms with van der Waals surface area (Å²) in [6, 6.07) is 14.3. The SMILES string of the molecule is NC(=O)COc1ccc(NC(=O)CCSc2ccc(Cl)cc2)cc1. The van der Waals surface area contributed by atoms with E-state index >= 15 is 0 Å². The lowest BCUT2D eigenvalue weighted by atomic mass is 10.3. The molecule has 0 saturated heterocycles. The van der Waals surface area contributed by atoms with E-state index in [4.69, 9.17) is 22.1 Å². The van der Waals surface area contributed by atoms with E-state index in [1.165, 1.54) is 0 Å². The van der Waals surface area contributed by atoms with Crippen LogP contribution in [0.3, 0.4) is 0 Å². The summed E-state index contributed by atoms with van der Waals surface area (Å²) in [6.45, 7) is -0.173. The van der Waals surface area contributed by atoms with Crippen LogP contribution in [0.1, 0.15) is 6.42 Å². The highest BCUT2D eigenvalue weighted by Gasteiger charge is 2.04. The molecule has 5 nitrogen and oxygen atoms in total. The number of anilines is 1. The Labute approximate surface area is 149 Å². The zero-order valence-corrected chi connectivity index (χ0v) is 14.4. The van der Waals surface area contributed by atoms with Crippen LogP contribution in [0.5, 0.6) is 5.75 Å². The summed E-state index contributed by atoms with van der Waals surface area (Å²) in [5.41, 5.74) is 5.67. The van der Waals surface area contributed by atoms with Gasteiger partial charge in [-0.3, -0.25) is 9.59 Å². The maximum atomic E-state index is 11.9. The van der Waals surface area contributed by atoms with Crippen LogP contribution < -0.4 is 15.8 Å². The Kier molecular flexibility index (Phi) is 6.96. The summed E-state index contributed by atoms with van der Waals surface area (Å²) in [4.78, 5) is 23.6. The summed E-state index contributed by atoms with van der Waals surface area (Å²) in [6.07, 6.45) is 0.396. The van der Waals surface area contributed by atoms with Gasteiger partial charge in [-0.05, 0) is 48.5 Å². The number of amides is 2. The number of carbonyl (C=O) groups is 2. The Balaban J connectivity index is 1.73. The molecule has 0 fully saturated rings. The summed E-state index contributed by atoms with van der Waals surface area (Å²) in [7, 11) is 0. The Bertz CT molecular complexity index is 690. The van der Waals surface area contributed by atoms with Gasteiger partial charge in [0.15, 0.2) is 6.61 Å². The number of hydrogen-bond acceptors (Lipinski definition) is 4. The van der Waals surface area contributed by atoms with E-state index < -0.39 is 5.91 Å². The molecule has 0 aliphatic carbocycles. The standard InChI is InChI=1S/C17H17ClN2O3S/c18-12-1-7-15(8-2-12)24-10-9-17(22)20-13-3-5-14(6-4-13)23-11-16(19)21/h1-8H,9-11H2,(H2,19,21)(H,20,22). The first-order valence-corrected chi connectivity index (χ1v) is 8.58. The minimum absolute atomic E-state index is 0.0673. The molecule has 24 heavy (non-hydrogen) atoms. The topological polar surface area (TPSA) is 81.4 Å². The lowest BCUT2D eigenvalue weighted by Crippen LogP contribution is -2.20. The van der Waals surface area contributed by atoms with E-state index in [2.05, 4.69) is 5.32 Å². The predicted octanol–water partition coefficient (Wildman–Crippen LogP) is 3.33. The largest absolute Gasteiger partial charge is 0.484 e. The minimum Gasteiger partial charge on any atom is -0.484 e. The van der Waals surface area contributed by atoms with Crippen molar-refractivity contribution in [2.24, 2.45) is 5.73 Å². The highest BCUT2D eigenvalue weighted by Crippen LogP contribution is 2.21. The second-order valence-corrected chi connectivity index (χ2v) is 6.48. The van der Waals surface area contributed by atoms with Crippen molar-refractivity contribution in [2.75, 3.05) is 17.7 Å². The van der Waals surface area contributed by atoms with Gasteiger partial charge >= 0.3 is 0 Å². The molecule has 0 aromatic heterocycles. The zero-order chi connectivity index (χ0) is 17.4. The Morgan fingerprint density at radius 1 is 1.08 bits per heavy atom. The molecule has 0 spiro atoms. The molecular formula is C17H17ClN2O3S. The number of thioether (sulfide) groups is 1. The van der Waals surface area contributed by atoms with Crippen molar-refractivity contribution in [1.82, 2.24) is 0 Å².